The van der Waals surface area contributed by atoms with Crippen molar-refractivity contribution in [2.24, 2.45) is 5.92 Å². The fraction of sp³-hybridized carbons (Fsp3) is 0.647. The van der Waals surface area contributed by atoms with Crippen molar-refractivity contribution < 1.29 is 4.74 Å². The van der Waals surface area contributed by atoms with Crippen LogP contribution < -0.4 is 5.32 Å². The molecule has 1 aliphatic carbocycles. The molecule has 1 aliphatic rings. The third kappa shape index (κ3) is 5.43. The van der Waals surface area contributed by atoms with E-state index in [0.29, 0.717) is 12.1 Å². The highest BCUT2D eigenvalue weighted by Crippen LogP contribution is 2.41. The molecule has 2 nitrogen and oxygen atoms in total. The van der Waals surface area contributed by atoms with Gasteiger partial charge in [-0.15, -0.1) is 0 Å². The van der Waals surface area contributed by atoms with Crippen molar-refractivity contribution in [3.05, 3.63) is 34.9 Å². The van der Waals surface area contributed by atoms with E-state index in [1.165, 1.54) is 24.8 Å². The van der Waals surface area contributed by atoms with E-state index in [2.05, 4.69) is 31.3 Å². The van der Waals surface area contributed by atoms with Gasteiger partial charge in [0, 0.05) is 17.7 Å². The SMILES string of the molecule is CC(C)OCCCCNC(c1ccc(Cl)cc1)C1CC1. The first-order valence-corrected chi connectivity index (χ1v) is 8.15. The van der Waals surface area contributed by atoms with E-state index in [-0.39, 0.29) is 0 Å². The van der Waals surface area contributed by atoms with Crippen LogP contribution in [-0.4, -0.2) is 19.3 Å². The zero-order valence-electron chi connectivity index (χ0n) is 12.6. The van der Waals surface area contributed by atoms with Gasteiger partial charge in [-0.1, -0.05) is 23.7 Å². The van der Waals surface area contributed by atoms with Gasteiger partial charge in [0.2, 0.25) is 0 Å². The number of nitrogens with one attached hydrogen (secondary N) is 1. The normalized spacial score (nSPS) is 16.6. The zero-order chi connectivity index (χ0) is 14.4. The van der Waals surface area contributed by atoms with Crippen LogP contribution >= 0.6 is 11.6 Å². The summed E-state index contributed by atoms with van der Waals surface area (Å²) in [6.07, 6.45) is 5.33. The van der Waals surface area contributed by atoms with Gasteiger partial charge in [0.05, 0.1) is 6.10 Å². The Hall–Kier alpha value is -0.570. The maximum atomic E-state index is 5.96. The molecule has 0 spiro atoms. The molecular formula is C17H26ClNO. The first-order valence-electron chi connectivity index (χ1n) is 7.77. The first-order chi connectivity index (χ1) is 9.66. The molecule has 0 heterocycles. The molecule has 0 radical (unpaired) electrons. The molecule has 1 fully saturated rings. The standard InChI is InChI=1S/C17H26ClNO/c1-13(2)20-12-4-3-11-19-17(14-5-6-14)15-7-9-16(18)10-8-15/h7-10,13-14,17,19H,3-6,11-12H2,1-2H3. The largest absolute Gasteiger partial charge is 0.379 e. The van der Waals surface area contributed by atoms with Crippen LogP contribution in [-0.2, 0) is 4.74 Å². The summed E-state index contributed by atoms with van der Waals surface area (Å²) in [5, 5.41) is 4.52. The Balaban J connectivity index is 1.72. The number of unbranched alkanes of at least 4 members (excludes halogenated alkanes) is 1. The van der Waals surface area contributed by atoms with E-state index in [4.69, 9.17) is 16.3 Å². The highest BCUT2D eigenvalue weighted by Gasteiger charge is 2.31. The molecule has 0 aromatic heterocycles. The molecule has 1 aromatic rings. The minimum Gasteiger partial charge on any atom is -0.379 e. The monoisotopic (exact) mass is 295 g/mol. The van der Waals surface area contributed by atoms with Gasteiger partial charge in [-0.25, -0.2) is 0 Å². The number of hydrogen-bond donors (Lipinski definition) is 1. The number of rotatable bonds is 9. The minimum atomic E-state index is 0.344. The van der Waals surface area contributed by atoms with Crippen LogP contribution in [0.1, 0.15) is 51.1 Å². The van der Waals surface area contributed by atoms with E-state index in [0.717, 1.165) is 30.5 Å². The van der Waals surface area contributed by atoms with Crippen LogP contribution in [0, 0.1) is 5.92 Å². The first kappa shape index (κ1) is 15.8. The van der Waals surface area contributed by atoms with Gasteiger partial charge in [-0.2, -0.15) is 0 Å². The summed E-state index contributed by atoms with van der Waals surface area (Å²) in [5.41, 5.74) is 1.37. The summed E-state index contributed by atoms with van der Waals surface area (Å²) >= 11 is 5.96. The number of halogens is 1. The topological polar surface area (TPSA) is 21.3 Å². The van der Waals surface area contributed by atoms with E-state index >= 15 is 0 Å². The van der Waals surface area contributed by atoms with Crippen molar-refractivity contribution in [1.82, 2.24) is 5.32 Å². The van der Waals surface area contributed by atoms with Crippen molar-refractivity contribution >= 4 is 11.6 Å². The second-order valence-corrected chi connectivity index (χ2v) is 6.38. The van der Waals surface area contributed by atoms with Crippen molar-refractivity contribution in [2.75, 3.05) is 13.2 Å². The van der Waals surface area contributed by atoms with Gasteiger partial charge >= 0.3 is 0 Å². The molecule has 1 unspecified atom stereocenters. The van der Waals surface area contributed by atoms with Crippen LogP contribution in [0.25, 0.3) is 0 Å². The summed E-state index contributed by atoms with van der Waals surface area (Å²) < 4.78 is 5.56. The average Bonchev–Trinajstić information content (AvgIpc) is 3.23. The molecule has 3 heteroatoms. The summed E-state index contributed by atoms with van der Waals surface area (Å²) in [4.78, 5) is 0. The number of ether oxygens (including phenoxy) is 1. The predicted octanol–water partition coefficient (Wildman–Crippen LogP) is 4.59. The molecule has 1 saturated carbocycles. The molecule has 0 amide bonds. The second kappa shape index (κ2) is 8.02. The van der Waals surface area contributed by atoms with Crippen molar-refractivity contribution in [3.63, 3.8) is 0 Å². The Labute approximate surface area is 127 Å². The van der Waals surface area contributed by atoms with Gasteiger partial charge in [0.25, 0.3) is 0 Å². The molecule has 1 atom stereocenters. The molecule has 112 valence electrons. The van der Waals surface area contributed by atoms with Crippen LogP contribution in [0.4, 0.5) is 0 Å². The molecule has 1 aromatic carbocycles. The lowest BCUT2D eigenvalue weighted by atomic mass is 10.0. The summed E-state index contributed by atoms with van der Waals surface area (Å²) in [7, 11) is 0. The van der Waals surface area contributed by atoms with Crippen LogP contribution in [0.5, 0.6) is 0 Å². The Bertz CT molecular complexity index is 386. The lowest BCUT2D eigenvalue weighted by Gasteiger charge is -2.19. The van der Waals surface area contributed by atoms with E-state index in [9.17, 15) is 0 Å². The lowest BCUT2D eigenvalue weighted by Crippen LogP contribution is -2.24. The van der Waals surface area contributed by atoms with Crippen molar-refractivity contribution in [3.8, 4) is 0 Å². The Morgan fingerprint density at radius 3 is 2.50 bits per heavy atom. The van der Waals surface area contributed by atoms with E-state index in [1.807, 2.05) is 12.1 Å². The fourth-order valence-corrected chi connectivity index (χ4v) is 2.59. The smallest absolute Gasteiger partial charge is 0.0518 e. The molecule has 20 heavy (non-hydrogen) atoms. The molecular weight excluding hydrogens is 270 g/mol. The zero-order valence-corrected chi connectivity index (χ0v) is 13.3. The maximum Gasteiger partial charge on any atom is 0.0518 e. The Kier molecular flexibility index (Phi) is 6.34. The van der Waals surface area contributed by atoms with Gasteiger partial charge in [-0.3, -0.25) is 0 Å². The third-order valence-electron chi connectivity index (χ3n) is 3.71. The third-order valence-corrected chi connectivity index (χ3v) is 3.96. The number of benzene rings is 1. The predicted molar refractivity (Wildman–Crippen MR) is 85.2 cm³/mol. The van der Waals surface area contributed by atoms with Gasteiger partial charge in [-0.05, 0) is 69.7 Å². The highest BCUT2D eigenvalue weighted by atomic mass is 35.5. The summed E-state index contributed by atoms with van der Waals surface area (Å²) in [6, 6.07) is 8.79. The van der Waals surface area contributed by atoms with E-state index in [1.54, 1.807) is 0 Å². The molecule has 0 saturated heterocycles. The molecule has 1 N–H and O–H groups in total. The number of hydrogen-bond acceptors (Lipinski definition) is 2. The average molecular weight is 296 g/mol. The van der Waals surface area contributed by atoms with Gasteiger partial charge in [0.1, 0.15) is 0 Å². The van der Waals surface area contributed by atoms with Crippen LogP contribution in [0.3, 0.4) is 0 Å². The van der Waals surface area contributed by atoms with Gasteiger partial charge in [0.15, 0.2) is 0 Å². The Morgan fingerprint density at radius 2 is 1.90 bits per heavy atom. The van der Waals surface area contributed by atoms with Crippen LogP contribution in [0.15, 0.2) is 24.3 Å². The second-order valence-electron chi connectivity index (χ2n) is 5.95. The quantitative estimate of drug-likeness (QED) is 0.673. The van der Waals surface area contributed by atoms with Crippen LogP contribution in [0.2, 0.25) is 5.02 Å². The van der Waals surface area contributed by atoms with Crippen molar-refractivity contribution in [1.29, 1.82) is 0 Å². The molecule has 0 bridgehead atoms. The summed E-state index contributed by atoms with van der Waals surface area (Å²) in [6.45, 7) is 6.10. The Morgan fingerprint density at radius 1 is 1.20 bits per heavy atom. The fourth-order valence-electron chi connectivity index (χ4n) is 2.46. The minimum absolute atomic E-state index is 0.344. The molecule has 0 aliphatic heterocycles. The van der Waals surface area contributed by atoms with E-state index < -0.39 is 0 Å². The lowest BCUT2D eigenvalue weighted by molar-refractivity contribution is 0.0759. The molecule has 2 rings (SSSR count). The summed E-state index contributed by atoms with van der Waals surface area (Å²) in [5.74, 6) is 0.808. The van der Waals surface area contributed by atoms with Gasteiger partial charge < -0.3 is 10.1 Å². The van der Waals surface area contributed by atoms with Crippen molar-refractivity contribution in [2.45, 2.75) is 51.7 Å². The highest BCUT2D eigenvalue weighted by molar-refractivity contribution is 6.30. The maximum absolute atomic E-state index is 5.96.